The molecule has 1 saturated heterocycles. The van der Waals surface area contributed by atoms with Crippen LogP contribution in [0.4, 0.5) is 5.82 Å². The van der Waals surface area contributed by atoms with Gasteiger partial charge >= 0.3 is 0 Å². The second-order valence-corrected chi connectivity index (χ2v) is 8.76. The van der Waals surface area contributed by atoms with E-state index in [-0.39, 0.29) is 18.1 Å². The molecule has 31 heavy (non-hydrogen) atoms. The molecule has 1 N–H and O–H groups in total. The van der Waals surface area contributed by atoms with E-state index >= 15 is 0 Å². The molecule has 2 aliphatic rings. The average Bonchev–Trinajstić information content (AvgIpc) is 3.10. The molecule has 2 aliphatic heterocycles. The van der Waals surface area contributed by atoms with Crippen molar-refractivity contribution in [3.63, 3.8) is 0 Å². The molecule has 7 nitrogen and oxygen atoms in total. The summed E-state index contributed by atoms with van der Waals surface area (Å²) in [5.74, 6) is 0.357. The smallest absolute Gasteiger partial charge is 0.259 e. The highest BCUT2D eigenvalue weighted by Crippen LogP contribution is 2.30. The lowest BCUT2D eigenvalue weighted by Crippen LogP contribution is -2.49. The van der Waals surface area contributed by atoms with E-state index < -0.39 is 5.60 Å². The van der Waals surface area contributed by atoms with Crippen molar-refractivity contribution in [1.82, 2.24) is 10.3 Å². The Bertz CT molecular complexity index is 971. The highest BCUT2D eigenvalue weighted by atomic mass is 35.5. The van der Waals surface area contributed by atoms with E-state index in [1.165, 1.54) is 0 Å². The van der Waals surface area contributed by atoms with Crippen molar-refractivity contribution in [2.24, 2.45) is 5.16 Å². The number of ether oxygens (including phenoxy) is 1. The third kappa shape index (κ3) is 4.31. The van der Waals surface area contributed by atoms with Gasteiger partial charge in [0.15, 0.2) is 11.4 Å². The number of amides is 1. The molecule has 0 aliphatic carbocycles. The number of methoxy groups -OCH3 is 1. The summed E-state index contributed by atoms with van der Waals surface area (Å²) in [4.78, 5) is 25.2. The van der Waals surface area contributed by atoms with E-state index in [0.717, 1.165) is 24.9 Å². The average molecular weight is 443 g/mol. The minimum absolute atomic E-state index is 0.0143. The monoisotopic (exact) mass is 442 g/mol. The fraction of sp³-hybridized carbons (Fsp3) is 0.435. The van der Waals surface area contributed by atoms with E-state index in [1.807, 2.05) is 26.0 Å². The van der Waals surface area contributed by atoms with Gasteiger partial charge in [-0.1, -0.05) is 28.9 Å². The maximum absolute atomic E-state index is 13.6. The van der Waals surface area contributed by atoms with Gasteiger partial charge in [-0.2, -0.15) is 0 Å². The number of pyridine rings is 1. The molecule has 0 radical (unpaired) electrons. The maximum Gasteiger partial charge on any atom is 0.259 e. The quantitative estimate of drug-likeness (QED) is 0.764. The molecule has 0 saturated carbocycles. The summed E-state index contributed by atoms with van der Waals surface area (Å²) in [6, 6.07) is 10.9. The summed E-state index contributed by atoms with van der Waals surface area (Å²) >= 11 is 6.42. The molecular weight excluding hydrogens is 416 g/mol. The number of oxime groups is 1. The van der Waals surface area contributed by atoms with Crippen LogP contribution in [0.3, 0.4) is 0 Å². The summed E-state index contributed by atoms with van der Waals surface area (Å²) in [7, 11) is 1.64. The highest BCUT2D eigenvalue weighted by Gasteiger charge is 2.42. The first kappa shape index (κ1) is 21.7. The number of hydrogen-bond acceptors (Lipinski definition) is 6. The van der Waals surface area contributed by atoms with E-state index in [0.29, 0.717) is 28.7 Å². The molecule has 2 atom stereocenters. The molecular formula is C23H27ClN4O3. The molecule has 1 aromatic heterocycles. The summed E-state index contributed by atoms with van der Waals surface area (Å²) in [5, 5.41) is 8.04. The Kier molecular flexibility index (Phi) is 6.27. The van der Waals surface area contributed by atoms with Crippen molar-refractivity contribution >= 4 is 29.0 Å². The molecule has 164 valence electrons. The number of carbonyl (C=O) groups excluding carboxylic acids is 1. The van der Waals surface area contributed by atoms with Crippen molar-refractivity contribution in [3.8, 4) is 0 Å². The van der Waals surface area contributed by atoms with Crippen LogP contribution < -0.4 is 10.2 Å². The predicted octanol–water partition coefficient (Wildman–Crippen LogP) is 3.66. The van der Waals surface area contributed by atoms with E-state index in [1.54, 1.807) is 42.5 Å². The number of nitrogens with one attached hydrogen (secondary N) is 1. The Labute approximate surface area is 187 Å². The molecule has 0 bridgehead atoms. The van der Waals surface area contributed by atoms with Crippen LogP contribution in [-0.4, -0.2) is 54.5 Å². The number of halogens is 1. The molecule has 0 unspecified atom stereocenters. The minimum atomic E-state index is -0.543. The van der Waals surface area contributed by atoms with Crippen LogP contribution in [0, 0.1) is 0 Å². The van der Waals surface area contributed by atoms with Crippen molar-refractivity contribution in [3.05, 3.63) is 58.7 Å². The van der Waals surface area contributed by atoms with Crippen LogP contribution in [-0.2, 0) is 9.57 Å². The standard InChI is InChI=1S/C23H27ClN4O3/c1-23(2)20(30-3)19(27-31-23)15-8-10-16(11-9-15)22(29)28(17-6-4-12-25-14-17)21-18(24)7-5-13-26-21/h5,7-11,13,17,20,25H,4,6,12,14H2,1-3H3/t17-,20-/m1/s1. The van der Waals surface area contributed by atoms with Crippen molar-refractivity contribution in [2.45, 2.75) is 44.4 Å². The lowest BCUT2D eigenvalue weighted by Gasteiger charge is -2.34. The van der Waals surface area contributed by atoms with Crippen molar-refractivity contribution in [1.29, 1.82) is 0 Å². The number of benzene rings is 1. The Morgan fingerprint density at radius 3 is 2.71 bits per heavy atom. The van der Waals surface area contributed by atoms with Gasteiger partial charge in [0.1, 0.15) is 11.8 Å². The van der Waals surface area contributed by atoms with Crippen LogP contribution in [0.2, 0.25) is 5.02 Å². The largest absolute Gasteiger partial charge is 0.386 e. The van der Waals surface area contributed by atoms with Gasteiger partial charge in [0.05, 0.1) is 11.1 Å². The first-order valence-corrected chi connectivity index (χ1v) is 10.8. The minimum Gasteiger partial charge on any atom is -0.386 e. The summed E-state index contributed by atoms with van der Waals surface area (Å²) < 4.78 is 5.60. The molecule has 8 heteroatoms. The van der Waals surface area contributed by atoms with Crippen molar-refractivity contribution < 1.29 is 14.4 Å². The van der Waals surface area contributed by atoms with Gasteiger partial charge in [-0.15, -0.1) is 0 Å². The van der Waals surface area contributed by atoms with Crippen LogP contribution in [0.15, 0.2) is 47.8 Å². The maximum atomic E-state index is 13.6. The molecule has 4 rings (SSSR count). The number of aromatic nitrogens is 1. The number of piperidine rings is 1. The van der Waals surface area contributed by atoms with Crippen LogP contribution in [0.5, 0.6) is 0 Å². The zero-order chi connectivity index (χ0) is 22.0. The zero-order valence-corrected chi connectivity index (χ0v) is 18.7. The Hall–Kier alpha value is -2.48. The fourth-order valence-corrected chi connectivity index (χ4v) is 4.37. The number of nitrogens with zero attached hydrogens (tertiary/aromatic N) is 3. The number of hydrogen-bond donors (Lipinski definition) is 1. The summed E-state index contributed by atoms with van der Waals surface area (Å²) in [6.07, 6.45) is 3.26. The molecule has 1 amide bonds. The topological polar surface area (TPSA) is 76.0 Å². The van der Waals surface area contributed by atoms with Crippen LogP contribution >= 0.6 is 11.6 Å². The second kappa shape index (κ2) is 8.94. The normalized spacial score (nSPS) is 22.5. The van der Waals surface area contributed by atoms with Gasteiger partial charge in [-0.25, -0.2) is 4.98 Å². The predicted molar refractivity (Wildman–Crippen MR) is 121 cm³/mol. The lowest BCUT2D eigenvalue weighted by molar-refractivity contribution is -0.0614. The number of rotatable bonds is 5. The SMILES string of the molecule is CO[C@@H]1C(c2ccc(C(=O)N(c3ncccc3Cl)[C@@H]3CCCNC3)cc2)=NOC1(C)C. The van der Waals surface area contributed by atoms with Gasteiger partial charge in [-0.3, -0.25) is 9.69 Å². The fourth-order valence-electron chi connectivity index (χ4n) is 4.16. The third-order valence-electron chi connectivity index (χ3n) is 5.74. The van der Waals surface area contributed by atoms with Crippen LogP contribution in [0.25, 0.3) is 0 Å². The third-order valence-corrected chi connectivity index (χ3v) is 6.04. The molecule has 2 aromatic rings. The highest BCUT2D eigenvalue weighted by molar-refractivity contribution is 6.33. The first-order valence-electron chi connectivity index (χ1n) is 10.5. The van der Waals surface area contributed by atoms with Gasteiger partial charge in [-0.05, 0) is 57.5 Å². The van der Waals surface area contributed by atoms with E-state index in [4.69, 9.17) is 21.2 Å². The van der Waals surface area contributed by atoms with E-state index in [9.17, 15) is 4.79 Å². The van der Waals surface area contributed by atoms with Crippen LogP contribution in [0.1, 0.15) is 42.6 Å². The Morgan fingerprint density at radius 2 is 2.06 bits per heavy atom. The summed E-state index contributed by atoms with van der Waals surface area (Å²) in [5.41, 5.74) is 1.59. The molecule has 3 heterocycles. The van der Waals surface area contributed by atoms with Gasteiger partial charge in [0.2, 0.25) is 0 Å². The number of carbonyl (C=O) groups is 1. The summed E-state index contributed by atoms with van der Waals surface area (Å²) in [6.45, 7) is 5.52. The Morgan fingerprint density at radius 1 is 1.29 bits per heavy atom. The van der Waals surface area contributed by atoms with Gasteiger partial charge < -0.3 is 14.9 Å². The Balaban J connectivity index is 1.63. The molecule has 1 aromatic carbocycles. The van der Waals surface area contributed by atoms with Crippen molar-refractivity contribution in [2.75, 3.05) is 25.1 Å². The van der Waals surface area contributed by atoms with Gasteiger partial charge in [0, 0.05) is 31.0 Å². The van der Waals surface area contributed by atoms with E-state index in [2.05, 4.69) is 15.5 Å². The molecule has 0 spiro atoms. The second-order valence-electron chi connectivity index (χ2n) is 8.35. The molecule has 1 fully saturated rings. The van der Waals surface area contributed by atoms with Gasteiger partial charge in [0.25, 0.3) is 5.91 Å². The number of anilines is 1. The lowest BCUT2D eigenvalue weighted by atomic mass is 9.93. The first-order chi connectivity index (χ1) is 14.9. The zero-order valence-electron chi connectivity index (χ0n) is 18.0.